The molecule has 180 valence electrons. The predicted molar refractivity (Wildman–Crippen MR) is 131 cm³/mol. The number of allylic oxidation sites excluding steroid dienone is 2. The molecule has 0 fully saturated rings. The van der Waals surface area contributed by atoms with Crippen LogP contribution in [0.1, 0.15) is 46.5 Å². The number of carbonyl (C=O) groups is 4. The molecule has 4 rings (SSSR count). The van der Waals surface area contributed by atoms with E-state index in [1.54, 1.807) is 30.5 Å². The molecule has 1 aliphatic rings. The predicted octanol–water partition coefficient (Wildman–Crippen LogP) is 3.25. The van der Waals surface area contributed by atoms with Gasteiger partial charge in [-0.2, -0.15) is 0 Å². The number of carboxylic acids is 1. The second-order valence-electron chi connectivity index (χ2n) is 9.09. The van der Waals surface area contributed by atoms with Gasteiger partial charge in [0.15, 0.2) is 5.78 Å². The highest BCUT2D eigenvalue weighted by Gasteiger charge is 2.31. The van der Waals surface area contributed by atoms with Crippen LogP contribution in [-0.4, -0.2) is 45.6 Å². The minimum absolute atomic E-state index is 0.0259. The monoisotopic (exact) mass is 473 g/mol. The minimum Gasteiger partial charge on any atom is -0.480 e. The van der Waals surface area contributed by atoms with Crippen LogP contribution in [0.4, 0.5) is 0 Å². The number of Topliss-reactive ketones (excluding diaryl/α,β-unsaturated/α-hetero) is 1. The third-order valence-electron chi connectivity index (χ3n) is 6.02. The fraction of sp³-hybridized carbons (Fsp3) is 0.259. The highest BCUT2D eigenvalue weighted by Crippen LogP contribution is 2.22. The molecule has 0 saturated carbocycles. The summed E-state index contributed by atoms with van der Waals surface area (Å²) >= 11 is 0. The van der Waals surface area contributed by atoms with Crippen molar-refractivity contribution in [3.63, 3.8) is 0 Å². The zero-order valence-electron chi connectivity index (χ0n) is 19.5. The van der Waals surface area contributed by atoms with Gasteiger partial charge in [0.2, 0.25) is 11.7 Å². The van der Waals surface area contributed by atoms with Gasteiger partial charge in [-0.3, -0.25) is 14.4 Å². The van der Waals surface area contributed by atoms with Crippen molar-refractivity contribution in [1.29, 1.82) is 0 Å². The van der Waals surface area contributed by atoms with Crippen LogP contribution in [0.5, 0.6) is 0 Å². The van der Waals surface area contributed by atoms with Crippen LogP contribution in [-0.2, 0) is 16.0 Å². The van der Waals surface area contributed by atoms with Crippen molar-refractivity contribution in [2.24, 2.45) is 5.92 Å². The lowest BCUT2D eigenvalue weighted by atomic mass is 9.92. The van der Waals surface area contributed by atoms with Crippen molar-refractivity contribution in [3.8, 4) is 0 Å². The van der Waals surface area contributed by atoms with Gasteiger partial charge >= 0.3 is 5.97 Å². The summed E-state index contributed by atoms with van der Waals surface area (Å²) < 4.78 is 0. The Hall–Kier alpha value is -4.20. The Morgan fingerprint density at radius 1 is 0.971 bits per heavy atom. The van der Waals surface area contributed by atoms with Gasteiger partial charge in [0.25, 0.3) is 0 Å². The first-order valence-corrected chi connectivity index (χ1v) is 11.5. The van der Waals surface area contributed by atoms with Crippen LogP contribution in [0.15, 0.2) is 66.5 Å². The Bertz CT molecular complexity index is 1340. The molecule has 4 N–H and O–H groups in total. The molecule has 0 aliphatic heterocycles. The van der Waals surface area contributed by atoms with Gasteiger partial charge in [-0.05, 0) is 24.0 Å². The average Bonchev–Trinajstić information content (AvgIpc) is 3.24. The van der Waals surface area contributed by atoms with E-state index in [1.165, 1.54) is 6.08 Å². The number of carboxylic acid groups (broad SMARTS) is 1. The molecule has 0 spiro atoms. The SMILES string of the molecule is CC(C)C[C@H](NC1=CC(=O)c2ccccc2C1=O)C(=O)N[C@@H](Cc1c[nH]c2ccccc12)C(=O)O. The van der Waals surface area contributed by atoms with Crippen LogP contribution in [0.3, 0.4) is 0 Å². The number of rotatable bonds is 9. The number of amides is 1. The molecule has 0 unspecified atom stereocenters. The van der Waals surface area contributed by atoms with E-state index in [9.17, 15) is 24.3 Å². The summed E-state index contributed by atoms with van der Waals surface area (Å²) in [6, 6.07) is 12.0. The van der Waals surface area contributed by atoms with Gasteiger partial charge in [-0.25, -0.2) is 4.79 Å². The normalized spacial score (nSPS) is 14.9. The summed E-state index contributed by atoms with van der Waals surface area (Å²) in [7, 11) is 0. The number of aliphatic carboxylic acids is 1. The molecule has 0 radical (unpaired) electrons. The molecule has 1 aromatic heterocycles. The van der Waals surface area contributed by atoms with E-state index in [4.69, 9.17) is 0 Å². The van der Waals surface area contributed by atoms with Gasteiger partial charge in [0.05, 0.1) is 5.70 Å². The summed E-state index contributed by atoms with van der Waals surface area (Å²) in [6.07, 6.45) is 3.37. The molecule has 1 heterocycles. The molecule has 3 aromatic rings. The van der Waals surface area contributed by atoms with Crippen LogP contribution in [0.25, 0.3) is 10.9 Å². The van der Waals surface area contributed by atoms with E-state index in [1.807, 2.05) is 38.1 Å². The second-order valence-corrected chi connectivity index (χ2v) is 9.09. The van der Waals surface area contributed by atoms with Crippen molar-refractivity contribution < 1.29 is 24.3 Å². The lowest BCUT2D eigenvalue weighted by molar-refractivity contribution is -0.142. The molecule has 0 saturated heterocycles. The lowest BCUT2D eigenvalue weighted by Gasteiger charge is -2.25. The Kier molecular flexibility index (Phi) is 6.82. The van der Waals surface area contributed by atoms with Gasteiger partial charge < -0.3 is 20.7 Å². The number of aromatic nitrogens is 1. The fourth-order valence-corrected chi connectivity index (χ4v) is 4.31. The second kappa shape index (κ2) is 9.97. The largest absolute Gasteiger partial charge is 0.480 e. The third-order valence-corrected chi connectivity index (χ3v) is 6.02. The maximum absolute atomic E-state index is 13.2. The van der Waals surface area contributed by atoms with Crippen molar-refractivity contribution in [2.45, 2.75) is 38.8 Å². The number of carbonyl (C=O) groups excluding carboxylic acids is 3. The van der Waals surface area contributed by atoms with E-state index in [0.29, 0.717) is 12.0 Å². The average molecular weight is 474 g/mol. The van der Waals surface area contributed by atoms with Crippen LogP contribution >= 0.6 is 0 Å². The number of nitrogens with one attached hydrogen (secondary N) is 3. The number of benzene rings is 2. The summed E-state index contributed by atoms with van der Waals surface area (Å²) in [5, 5.41) is 16.2. The first-order valence-electron chi connectivity index (χ1n) is 11.5. The smallest absolute Gasteiger partial charge is 0.326 e. The lowest BCUT2D eigenvalue weighted by Crippen LogP contribution is -2.52. The van der Waals surface area contributed by atoms with E-state index >= 15 is 0 Å². The Morgan fingerprint density at radius 3 is 2.37 bits per heavy atom. The van der Waals surface area contributed by atoms with Crippen molar-refractivity contribution >= 4 is 34.3 Å². The number of ketones is 2. The number of hydrogen-bond donors (Lipinski definition) is 4. The standard InChI is InChI=1S/C27H27N3O5/c1-15(2)11-22(29-21-13-24(31)18-8-3-4-9-19(18)25(21)32)26(33)30-23(27(34)35)12-16-14-28-20-10-6-5-7-17(16)20/h3-10,13-15,22-23,28-29H,11-12H2,1-2H3,(H,30,33)(H,34,35)/t22-,23-/m0/s1. The highest BCUT2D eigenvalue weighted by atomic mass is 16.4. The topological polar surface area (TPSA) is 128 Å². The Balaban J connectivity index is 1.53. The molecule has 1 amide bonds. The molecule has 1 aliphatic carbocycles. The van der Waals surface area contributed by atoms with E-state index in [0.717, 1.165) is 16.5 Å². The van der Waals surface area contributed by atoms with Crippen LogP contribution in [0, 0.1) is 5.92 Å². The molecular weight excluding hydrogens is 446 g/mol. The number of hydrogen-bond acceptors (Lipinski definition) is 5. The first kappa shape index (κ1) is 23.9. The van der Waals surface area contributed by atoms with E-state index < -0.39 is 24.0 Å². The number of fused-ring (bicyclic) bond motifs is 2. The van der Waals surface area contributed by atoms with Gasteiger partial charge in [0, 0.05) is 40.7 Å². The summed E-state index contributed by atoms with van der Waals surface area (Å²) in [6.45, 7) is 3.83. The molecule has 0 bridgehead atoms. The summed E-state index contributed by atoms with van der Waals surface area (Å²) in [5.41, 5.74) is 2.27. The number of para-hydroxylation sites is 1. The molecule has 8 heteroatoms. The van der Waals surface area contributed by atoms with Crippen molar-refractivity contribution in [2.75, 3.05) is 0 Å². The maximum Gasteiger partial charge on any atom is 0.326 e. The quantitative estimate of drug-likeness (QED) is 0.378. The van der Waals surface area contributed by atoms with Crippen molar-refractivity contribution in [1.82, 2.24) is 15.6 Å². The number of H-pyrrole nitrogens is 1. The molecule has 8 nitrogen and oxygen atoms in total. The fourth-order valence-electron chi connectivity index (χ4n) is 4.31. The number of aromatic amines is 1. The third kappa shape index (κ3) is 5.16. The van der Waals surface area contributed by atoms with Crippen LogP contribution < -0.4 is 10.6 Å². The van der Waals surface area contributed by atoms with E-state index in [2.05, 4.69) is 15.6 Å². The highest BCUT2D eigenvalue weighted by molar-refractivity contribution is 6.24. The zero-order valence-corrected chi connectivity index (χ0v) is 19.5. The summed E-state index contributed by atoms with van der Waals surface area (Å²) in [5.74, 6) is -2.35. The van der Waals surface area contributed by atoms with Crippen molar-refractivity contribution in [3.05, 3.63) is 83.2 Å². The Labute approximate surface area is 202 Å². The zero-order chi connectivity index (χ0) is 25.1. The molecule has 2 atom stereocenters. The van der Waals surface area contributed by atoms with Crippen LogP contribution in [0.2, 0.25) is 0 Å². The van der Waals surface area contributed by atoms with Gasteiger partial charge in [0.1, 0.15) is 12.1 Å². The summed E-state index contributed by atoms with van der Waals surface area (Å²) in [4.78, 5) is 53.8. The molecule has 2 aromatic carbocycles. The minimum atomic E-state index is -1.17. The first-order chi connectivity index (χ1) is 16.7. The van der Waals surface area contributed by atoms with Gasteiger partial charge in [-0.15, -0.1) is 0 Å². The molecular formula is C27H27N3O5. The Morgan fingerprint density at radius 2 is 1.66 bits per heavy atom. The molecule has 35 heavy (non-hydrogen) atoms. The van der Waals surface area contributed by atoms with Gasteiger partial charge in [-0.1, -0.05) is 56.3 Å². The maximum atomic E-state index is 13.2. The van der Waals surface area contributed by atoms with E-state index in [-0.39, 0.29) is 35.2 Å².